The van der Waals surface area contributed by atoms with Crippen LogP contribution in [0.1, 0.15) is 0 Å². The molecule has 0 saturated heterocycles. The first-order valence-electron chi connectivity index (χ1n) is 19.4. The summed E-state index contributed by atoms with van der Waals surface area (Å²) in [6.07, 6.45) is 0. The predicted octanol–water partition coefficient (Wildman–Crippen LogP) is 10.6. The molecule has 0 spiro atoms. The van der Waals surface area contributed by atoms with Crippen LogP contribution < -0.4 is 20.9 Å². The lowest BCUT2D eigenvalue weighted by atomic mass is 10.0. The lowest BCUT2D eigenvalue weighted by Gasteiger charge is -2.30. The fourth-order valence-electron chi connectivity index (χ4n) is 9.57. The molecule has 3 aromatic heterocycles. The molecule has 0 bridgehead atoms. The molecule has 0 atom stereocenters. The Morgan fingerprint density at radius 3 is 1.84 bits per heavy atom. The van der Waals surface area contributed by atoms with Gasteiger partial charge in [-0.25, -0.2) is 9.97 Å². The maximum Gasteiger partial charge on any atom is 0.203 e. The zero-order chi connectivity index (χ0) is 37.5. The first kappa shape index (κ1) is 32.3. The molecule has 8 aromatic carbocycles. The summed E-state index contributed by atoms with van der Waals surface area (Å²) in [5.74, 6) is 0.730. The number of fused-ring (bicyclic) bond motifs is 10. The number of benzene rings is 8. The van der Waals surface area contributed by atoms with E-state index in [1.807, 2.05) is 11.3 Å². The van der Waals surface area contributed by atoms with Gasteiger partial charge >= 0.3 is 0 Å². The largest absolute Gasteiger partial charge is 0.308 e. The highest BCUT2D eigenvalue weighted by molar-refractivity contribution is 7.26. The molecule has 57 heavy (non-hydrogen) atoms. The van der Waals surface area contributed by atoms with Gasteiger partial charge in [0.25, 0.3) is 0 Å². The monoisotopic (exact) mass is 759 g/mol. The number of para-hydroxylation sites is 2. The summed E-state index contributed by atoms with van der Waals surface area (Å²) < 4.78 is 5.06. The Morgan fingerprint density at radius 2 is 1.07 bits per heavy atom. The second kappa shape index (κ2) is 12.5. The summed E-state index contributed by atoms with van der Waals surface area (Å²) in [4.78, 5) is 11.6. The van der Waals surface area contributed by atoms with Gasteiger partial charge in [-0.3, -0.25) is 0 Å². The van der Waals surface area contributed by atoms with Crippen LogP contribution in [0.4, 0.5) is 0 Å². The molecule has 12 rings (SSSR count). The van der Waals surface area contributed by atoms with Gasteiger partial charge < -0.3 is 4.57 Å². The van der Waals surface area contributed by atoms with Gasteiger partial charge in [-0.2, -0.15) is 0 Å². The van der Waals surface area contributed by atoms with Crippen molar-refractivity contribution in [2.45, 2.75) is 0 Å². The van der Waals surface area contributed by atoms with Crippen molar-refractivity contribution in [3.63, 3.8) is 0 Å². The Kier molecular flexibility index (Phi) is 7.12. The first-order chi connectivity index (χ1) is 28.3. The molecule has 0 radical (unpaired) electrons. The third-order valence-electron chi connectivity index (χ3n) is 11.9. The lowest BCUT2D eigenvalue weighted by molar-refractivity contribution is 1.15. The Balaban J connectivity index is 1.23. The van der Waals surface area contributed by atoms with Crippen LogP contribution in [-0.4, -0.2) is 22.6 Å². The predicted molar refractivity (Wildman–Crippen MR) is 243 cm³/mol. The van der Waals surface area contributed by atoms with Crippen LogP contribution in [-0.2, 0) is 0 Å². The van der Waals surface area contributed by atoms with Gasteiger partial charge in [0.15, 0.2) is 5.82 Å². The first-order valence-corrected chi connectivity index (χ1v) is 22.2. The number of rotatable bonds is 5. The number of nitrogens with zero attached hydrogens (tertiary/aromatic N) is 3. The van der Waals surface area contributed by atoms with Gasteiger partial charge in [0.05, 0.1) is 27.7 Å². The van der Waals surface area contributed by atoms with Crippen LogP contribution in [0.15, 0.2) is 200 Å². The van der Waals surface area contributed by atoms with E-state index in [0.717, 1.165) is 44.7 Å². The Bertz CT molecular complexity index is 3310. The maximum atomic E-state index is 5.90. The molecule has 3 nitrogen and oxygen atoms in total. The van der Waals surface area contributed by atoms with Crippen molar-refractivity contribution < 1.29 is 0 Å². The number of aromatic nitrogens is 3. The normalized spacial score (nSPS) is 13.1. The summed E-state index contributed by atoms with van der Waals surface area (Å²) >= 11 is 1.86. The van der Waals surface area contributed by atoms with Crippen LogP contribution in [0.2, 0.25) is 0 Å². The minimum Gasteiger partial charge on any atom is -0.308 e. The van der Waals surface area contributed by atoms with Gasteiger partial charge in [-0.1, -0.05) is 170 Å². The Morgan fingerprint density at radius 1 is 0.456 bits per heavy atom. The molecule has 1 aliphatic rings. The molecule has 0 unspecified atom stereocenters. The van der Waals surface area contributed by atoms with E-state index in [0.29, 0.717) is 0 Å². The van der Waals surface area contributed by atoms with Gasteiger partial charge in [0.1, 0.15) is 0 Å². The molecule has 0 saturated carbocycles. The number of thiophene rings is 1. The van der Waals surface area contributed by atoms with E-state index in [4.69, 9.17) is 9.97 Å². The summed E-state index contributed by atoms with van der Waals surface area (Å²) in [5.41, 5.74) is 8.85. The van der Waals surface area contributed by atoms with Gasteiger partial charge in [-0.15, -0.1) is 11.3 Å². The SMILES string of the molecule is c1ccc(-c2nc(-c3ccccc3-n3c4ccccc4c4ccc5sc6ccccc6c5c43)nc3c2-c2ccccc2[Si]3(c2ccccc2)c2ccccc2)cc1. The Labute approximate surface area is 334 Å². The standard InChI is InChI=1S/C52H33N3SSi/c1-4-18-34(19-5-1)49-48-41-27-13-17-31-46(41)57(35-20-6-2-7-21-35,36-22-8-3-9-23-36)52(48)54-51(53-49)39-25-11-15-29-43(39)55-42-28-14-10-24-37(42)38-32-33-45-47(50(38)55)40-26-12-16-30-44(40)56-45/h1-33H. The van der Waals surface area contributed by atoms with Gasteiger partial charge in [0, 0.05) is 47.6 Å². The smallest absolute Gasteiger partial charge is 0.203 e. The molecule has 5 heteroatoms. The van der Waals surface area contributed by atoms with Crippen LogP contribution in [0, 0.1) is 0 Å². The van der Waals surface area contributed by atoms with Crippen LogP contribution >= 0.6 is 11.3 Å². The van der Waals surface area contributed by atoms with E-state index < -0.39 is 8.07 Å². The van der Waals surface area contributed by atoms with Crippen molar-refractivity contribution in [1.82, 2.24) is 14.5 Å². The summed E-state index contributed by atoms with van der Waals surface area (Å²) in [6.45, 7) is 0. The van der Waals surface area contributed by atoms with Crippen molar-refractivity contribution in [3.8, 4) is 39.5 Å². The molecule has 0 aliphatic carbocycles. The van der Waals surface area contributed by atoms with E-state index >= 15 is 0 Å². The minimum absolute atomic E-state index is 0.730. The number of hydrogen-bond donors (Lipinski definition) is 0. The van der Waals surface area contributed by atoms with Crippen molar-refractivity contribution in [2.24, 2.45) is 0 Å². The van der Waals surface area contributed by atoms with E-state index in [1.54, 1.807) is 0 Å². The second-order valence-corrected chi connectivity index (χ2v) is 19.6. The Hall–Kier alpha value is -6.92. The van der Waals surface area contributed by atoms with Crippen LogP contribution in [0.25, 0.3) is 81.4 Å². The average Bonchev–Trinajstić information content (AvgIpc) is 3.93. The fraction of sp³-hybridized carbons (Fsp3) is 0. The second-order valence-electron chi connectivity index (χ2n) is 14.8. The van der Waals surface area contributed by atoms with Gasteiger partial charge in [0.2, 0.25) is 8.07 Å². The van der Waals surface area contributed by atoms with Crippen molar-refractivity contribution in [1.29, 1.82) is 0 Å². The zero-order valence-corrected chi connectivity index (χ0v) is 32.6. The molecule has 0 N–H and O–H groups in total. The molecular formula is C52H33N3SSi. The fourth-order valence-corrected chi connectivity index (χ4v) is 15.7. The van der Waals surface area contributed by atoms with Crippen molar-refractivity contribution >= 4 is 82.3 Å². The molecule has 1 aliphatic heterocycles. The van der Waals surface area contributed by atoms with E-state index in [9.17, 15) is 0 Å². The average molecular weight is 760 g/mol. The van der Waals surface area contributed by atoms with E-state index in [-0.39, 0.29) is 0 Å². The van der Waals surface area contributed by atoms with Crippen molar-refractivity contribution in [3.05, 3.63) is 200 Å². The highest BCUT2D eigenvalue weighted by Gasteiger charge is 2.51. The van der Waals surface area contributed by atoms with E-state index in [1.165, 1.54) is 57.6 Å². The molecule has 0 fully saturated rings. The lowest BCUT2D eigenvalue weighted by Crippen LogP contribution is -2.73. The summed E-state index contributed by atoms with van der Waals surface area (Å²) in [5, 5.41) is 10.2. The number of hydrogen-bond acceptors (Lipinski definition) is 3. The third kappa shape index (κ3) is 4.58. The quantitative estimate of drug-likeness (QED) is 0.164. The van der Waals surface area contributed by atoms with Crippen LogP contribution in [0.3, 0.4) is 0 Å². The summed E-state index contributed by atoms with van der Waals surface area (Å²) in [7, 11) is -2.94. The molecule has 11 aromatic rings. The van der Waals surface area contributed by atoms with E-state index in [2.05, 4.69) is 205 Å². The topological polar surface area (TPSA) is 30.7 Å². The highest BCUT2D eigenvalue weighted by Crippen LogP contribution is 2.44. The summed E-state index contributed by atoms with van der Waals surface area (Å²) in [6, 6.07) is 72.9. The minimum atomic E-state index is -2.94. The highest BCUT2D eigenvalue weighted by atomic mass is 32.1. The maximum absolute atomic E-state index is 5.90. The molecular weight excluding hydrogens is 727 g/mol. The third-order valence-corrected chi connectivity index (χ3v) is 17.7. The van der Waals surface area contributed by atoms with Crippen molar-refractivity contribution in [2.75, 3.05) is 0 Å². The zero-order valence-electron chi connectivity index (χ0n) is 30.8. The van der Waals surface area contributed by atoms with Crippen LogP contribution in [0.5, 0.6) is 0 Å². The molecule has 266 valence electrons. The molecule has 4 heterocycles. The molecule has 0 amide bonds. The van der Waals surface area contributed by atoms with Gasteiger partial charge in [-0.05, 0) is 51.5 Å².